The van der Waals surface area contributed by atoms with E-state index in [0.717, 1.165) is 25.3 Å². The molecule has 0 radical (unpaired) electrons. The lowest BCUT2D eigenvalue weighted by atomic mass is 10.0. The lowest BCUT2D eigenvalue weighted by Gasteiger charge is -2.04. The fourth-order valence-electron chi connectivity index (χ4n) is 2.89. The van der Waals surface area contributed by atoms with Gasteiger partial charge in [-0.05, 0) is 73.0 Å². The van der Waals surface area contributed by atoms with E-state index in [-0.39, 0.29) is 16.3 Å². The molecule has 0 saturated carbocycles. The number of rotatable bonds is 6. The number of halogens is 4. The normalized spacial score (nSPS) is 10.9. The fourth-order valence-corrected chi connectivity index (χ4v) is 3.05. The van der Waals surface area contributed by atoms with Gasteiger partial charge in [-0.3, -0.25) is 0 Å². The molecular formula is C25H20ClF3N2. The van der Waals surface area contributed by atoms with Gasteiger partial charge in [-0.1, -0.05) is 43.2 Å². The molecule has 3 aromatic carbocycles. The third-order valence-corrected chi connectivity index (χ3v) is 4.79. The van der Waals surface area contributed by atoms with E-state index >= 15 is 0 Å². The van der Waals surface area contributed by atoms with Crippen LogP contribution in [-0.4, -0.2) is 0 Å². The summed E-state index contributed by atoms with van der Waals surface area (Å²) >= 11 is 5.71. The molecule has 0 unspecified atom stereocenters. The van der Waals surface area contributed by atoms with Crippen LogP contribution in [-0.2, 0) is 6.42 Å². The minimum atomic E-state index is -0.658. The molecule has 0 aromatic heterocycles. The Labute approximate surface area is 184 Å². The Bertz CT molecular complexity index is 1120. The van der Waals surface area contributed by atoms with E-state index in [2.05, 4.69) is 29.0 Å². The van der Waals surface area contributed by atoms with Crippen molar-refractivity contribution in [3.05, 3.63) is 93.8 Å². The topological polar surface area (TPSA) is 24.7 Å². The van der Waals surface area contributed by atoms with Gasteiger partial charge in [0, 0.05) is 10.6 Å². The number of benzene rings is 3. The van der Waals surface area contributed by atoms with E-state index in [9.17, 15) is 13.2 Å². The van der Waals surface area contributed by atoms with E-state index in [1.807, 2.05) is 0 Å². The Kier molecular flexibility index (Phi) is 7.86. The minimum absolute atomic E-state index is 0.0670. The summed E-state index contributed by atoms with van der Waals surface area (Å²) in [5.41, 5.74) is 1.50. The second kappa shape index (κ2) is 10.8. The summed E-state index contributed by atoms with van der Waals surface area (Å²) in [6.45, 7) is 2.08. The Balaban J connectivity index is 1.71. The molecule has 0 N–H and O–H groups in total. The van der Waals surface area contributed by atoms with Crippen LogP contribution in [0.4, 0.5) is 24.5 Å². The molecule has 0 saturated heterocycles. The smallest absolute Gasteiger partial charge is 0.152 e. The molecule has 6 heteroatoms. The van der Waals surface area contributed by atoms with Crippen LogP contribution in [0.2, 0.25) is 5.02 Å². The number of hydrogen-bond acceptors (Lipinski definition) is 2. The average molecular weight is 441 g/mol. The summed E-state index contributed by atoms with van der Waals surface area (Å²) in [7, 11) is 0. The van der Waals surface area contributed by atoms with Gasteiger partial charge in [0.1, 0.15) is 17.3 Å². The van der Waals surface area contributed by atoms with Crippen LogP contribution in [0.3, 0.4) is 0 Å². The first-order chi connectivity index (χ1) is 15.0. The third-order valence-electron chi connectivity index (χ3n) is 4.55. The van der Waals surface area contributed by atoms with Gasteiger partial charge in [-0.15, -0.1) is 5.11 Å². The minimum Gasteiger partial charge on any atom is -0.206 e. The van der Waals surface area contributed by atoms with Gasteiger partial charge < -0.3 is 0 Å². The number of aryl methyl sites for hydroxylation is 1. The predicted molar refractivity (Wildman–Crippen MR) is 118 cm³/mol. The average Bonchev–Trinajstić information content (AvgIpc) is 2.73. The second-order valence-electron chi connectivity index (χ2n) is 6.98. The summed E-state index contributed by atoms with van der Waals surface area (Å²) in [5, 5.41) is 8.10. The van der Waals surface area contributed by atoms with Crippen LogP contribution in [0.5, 0.6) is 0 Å². The maximum absolute atomic E-state index is 14.3. The van der Waals surface area contributed by atoms with Gasteiger partial charge in [0.25, 0.3) is 0 Å². The monoisotopic (exact) mass is 440 g/mol. The van der Waals surface area contributed by atoms with Crippen LogP contribution < -0.4 is 0 Å². The van der Waals surface area contributed by atoms with E-state index in [4.69, 9.17) is 11.6 Å². The molecule has 0 fully saturated rings. The molecule has 0 bridgehead atoms. The maximum Gasteiger partial charge on any atom is 0.152 e. The van der Waals surface area contributed by atoms with Gasteiger partial charge in [0.05, 0.1) is 11.3 Å². The van der Waals surface area contributed by atoms with Crippen molar-refractivity contribution in [2.75, 3.05) is 0 Å². The zero-order valence-electron chi connectivity index (χ0n) is 16.9. The summed E-state index contributed by atoms with van der Waals surface area (Å²) in [5.74, 6) is 3.43. The molecular weight excluding hydrogens is 421 g/mol. The van der Waals surface area contributed by atoms with Gasteiger partial charge in [-0.25, -0.2) is 13.2 Å². The quantitative estimate of drug-likeness (QED) is 0.209. The molecule has 2 nitrogen and oxygen atoms in total. The Morgan fingerprint density at radius 2 is 1.52 bits per heavy atom. The molecule has 158 valence electrons. The van der Waals surface area contributed by atoms with Crippen LogP contribution >= 0.6 is 11.6 Å². The molecule has 3 rings (SSSR count). The van der Waals surface area contributed by atoms with Crippen molar-refractivity contribution in [3.63, 3.8) is 0 Å². The first kappa shape index (κ1) is 22.6. The molecule has 0 spiro atoms. The predicted octanol–water partition coefficient (Wildman–Crippen LogP) is 8.31. The van der Waals surface area contributed by atoms with Crippen LogP contribution in [0, 0.1) is 29.3 Å². The van der Waals surface area contributed by atoms with Gasteiger partial charge in [0.2, 0.25) is 0 Å². The second-order valence-corrected chi connectivity index (χ2v) is 7.42. The largest absolute Gasteiger partial charge is 0.206 e. The highest BCUT2D eigenvalue weighted by Gasteiger charge is 2.09. The SMILES string of the molecule is CCCCCc1cc(F)c(C#Cc2ccc(N=Nc3ccc(Cl)cc3F)cc2)c(F)c1. The van der Waals surface area contributed by atoms with Crippen LogP contribution in [0.1, 0.15) is 42.9 Å². The fraction of sp³-hybridized carbons (Fsp3) is 0.200. The Morgan fingerprint density at radius 3 is 2.16 bits per heavy atom. The van der Waals surface area contributed by atoms with Crippen molar-refractivity contribution in [2.45, 2.75) is 32.6 Å². The van der Waals surface area contributed by atoms with Crippen molar-refractivity contribution in [1.29, 1.82) is 0 Å². The van der Waals surface area contributed by atoms with Gasteiger partial charge in [-0.2, -0.15) is 5.11 Å². The van der Waals surface area contributed by atoms with Crippen molar-refractivity contribution in [2.24, 2.45) is 10.2 Å². The molecule has 0 amide bonds. The molecule has 31 heavy (non-hydrogen) atoms. The molecule has 3 aromatic rings. The van der Waals surface area contributed by atoms with Crippen molar-refractivity contribution < 1.29 is 13.2 Å². The van der Waals surface area contributed by atoms with E-state index in [1.165, 1.54) is 24.3 Å². The first-order valence-electron chi connectivity index (χ1n) is 9.93. The zero-order chi connectivity index (χ0) is 22.2. The van der Waals surface area contributed by atoms with Crippen LogP contribution in [0.25, 0.3) is 0 Å². The number of hydrogen-bond donors (Lipinski definition) is 0. The summed E-state index contributed by atoms with van der Waals surface area (Å²) < 4.78 is 42.3. The molecule has 0 aliphatic heterocycles. The third kappa shape index (κ3) is 6.44. The van der Waals surface area contributed by atoms with Crippen molar-refractivity contribution in [1.82, 2.24) is 0 Å². The van der Waals surface area contributed by atoms with Gasteiger partial charge in [0.15, 0.2) is 5.82 Å². The maximum atomic E-state index is 14.3. The van der Waals surface area contributed by atoms with E-state index in [0.29, 0.717) is 23.2 Å². The number of azo groups is 1. The lowest BCUT2D eigenvalue weighted by molar-refractivity contribution is 0.572. The summed E-state index contributed by atoms with van der Waals surface area (Å²) in [4.78, 5) is 0. The highest BCUT2D eigenvalue weighted by molar-refractivity contribution is 6.30. The Hall–Kier alpha value is -3.10. The standard InChI is InChI=1S/C25H20ClF3N2/c1-2-3-4-5-18-14-22(27)21(23(28)15-18)12-8-17-6-10-20(11-7-17)30-31-25-13-9-19(26)16-24(25)29/h6-7,9-11,13-16H,2-5H2,1H3. The van der Waals surface area contributed by atoms with E-state index in [1.54, 1.807) is 24.3 Å². The molecule has 0 aliphatic carbocycles. The number of nitrogens with zero attached hydrogens (tertiary/aromatic N) is 2. The summed E-state index contributed by atoms with van der Waals surface area (Å²) in [6, 6.07) is 13.4. The first-order valence-corrected chi connectivity index (χ1v) is 10.3. The highest BCUT2D eigenvalue weighted by Crippen LogP contribution is 2.24. The lowest BCUT2D eigenvalue weighted by Crippen LogP contribution is -1.95. The molecule has 0 atom stereocenters. The molecule has 0 heterocycles. The van der Waals surface area contributed by atoms with Crippen molar-refractivity contribution in [3.8, 4) is 11.8 Å². The summed E-state index contributed by atoms with van der Waals surface area (Å²) in [6.07, 6.45) is 3.61. The zero-order valence-corrected chi connectivity index (χ0v) is 17.7. The van der Waals surface area contributed by atoms with Crippen molar-refractivity contribution >= 4 is 23.0 Å². The Morgan fingerprint density at radius 1 is 0.806 bits per heavy atom. The number of unbranched alkanes of at least 4 members (excludes halogenated alkanes) is 2. The van der Waals surface area contributed by atoms with E-state index < -0.39 is 17.5 Å². The molecule has 0 aliphatic rings. The highest BCUT2D eigenvalue weighted by atomic mass is 35.5. The van der Waals surface area contributed by atoms with Gasteiger partial charge >= 0.3 is 0 Å². The van der Waals surface area contributed by atoms with Crippen LogP contribution in [0.15, 0.2) is 64.8 Å².